The minimum absolute atomic E-state index is 0.294. The molecule has 0 saturated carbocycles. The van der Waals surface area contributed by atoms with Gasteiger partial charge in [-0.3, -0.25) is 0 Å². The molecule has 0 aromatic heterocycles. The van der Waals surface area contributed by atoms with Crippen LogP contribution in [-0.2, 0) is 9.31 Å². The summed E-state index contributed by atoms with van der Waals surface area (Å²) in [7, 11) is -0.294. The van der Waals surface area contributed by atoms with Crippen molar-refractivity contribution in [3.05, 3.63) is 41.5 Å². The van der Waals surface area contributed by atoms with E-state index >= 15 is 0 Å². The molecule has 1 saturated heterocycles. The summed E-state index contributed by atoms with van der Waals surface area (Å²) in [5.74, 6) is 0. The van der Waals surface area contributed by atoms with Crippen LogP contribution in [0.3, 0.4) is 0 Å². The molecule has 1 heterocycles. The van der Waals surface area contributed by atoms with Crippen molar-refractivity contribution in [3.8, 4) is 0 Å². The first-order chi connectivity index (χ1) is 8.77. The number of benzene rings is 1. The summed E-state index contributed by atoms with van der Waals surface area (Å²) in [4.78, 5) is 0. The van der Waals surface area contributed by atoms with Gasteiger partial charge < -0.3 is 9.31 Å². The van der Waals surface area contributed by atoms with Crippen molar-refractivity contribution < 1.29 is 9.31 Å². The second-order valence-corrected chi connectivity index (χ2v) is 6.20. The van der Waals surface area contributed by atoms with E-state index in [1.165, 1.54) is 5.56 Å². The van der Waals surface area contributed by atoms with Gasteiger partial charge in [-0.05, 0) is 52.6 Å². The lowest BCUT2D eigenvalue weighted by atomic mass is 9.74. The Morgan fingerprint density at radius 3 is 1.89 bits per heavy atom. The predicted molar refractivity (Wildman–Crippen MR) is 80.9 cm³/mol. The molecule has 1 aromatic carbocycles. The molecule has 102 valence electrons. The number of hydrogen-bond donors (Lipinski definition) is 0. The maximum absolute atomic E-state index is 6.11. The molecule has 0 radical (unpaired) electrons. The van der Waals surface area contributed by atoms with Crippen molar-refractivity contribution in [2.45, 2.75) is 52.7 Å². The SMILES string of the molecule is CC=C(B1OC(C)(C)C(C)(C)O1)c1ccc(C)cc1. The van der Waals surface area contributed by atoms with Gasteiger partial charge in [-0.2, -0.15) is 0 Å². The second kappa shape index (κ2) is 4.80. The highest BCUT2D eigenvalue weighted by Gasteiger charge is 2.52. The van der Waals surface area contributed by atoms with E-state index in [1.54, 1.807) is 0 Å². The molecule has 0 amide bonds. The molecular formula is C16H23BO2. The number of allylic oxidation sites excluding steroid dienone is 1. The number of aryl methyl sites for hydroxylation is 1. The summed E-state index contributed by atoms with van der Waals surface area (Å²) in [5, 5.41) is 0. The normalized spacial score (nSPS) is 21.8. The van der Waals surface area contributed by atoms with Crippen LogP contribution >= 0.6 is 0 Å². The van der Waals surface area contributed by atoms with Crippen LogP contribution in [0, 0.1) is 6.92 Å². The fourth-order valence-electron chi connectivity index (χ4n) is 2.15. The fourth-order valence-corrected chi connectivity index (χ4v) is 2.15. The standard InChI is InChI=1S/C16H23BO2/c1-7-14(13-10-8-12(2)9-11-13)17-18-15(3,4)16(5,6)19-17/h7-11H,1-6H3. The van der Waals surface area contributed by atoms with Gasteiger partial charge in [0, 0.05) is 0 Å². The lowest BCUT2D eigenvalue weighted by molar-refractivity contribution is 0.00578. The van der Waals surface area contributed by atoms with E-state index in [1.807, 2.05) is 6.92 Å². The van der Waals surface area contributed by atoms with Crippen LogP contribution < -0.4 is 0 Å². The highest BCUT2D eigenvalue weighted by atomic mass is 16.7. The van der Waals surface area contributed by atoms with Gasteiger partial charge >= 0.3 is 7.12 Å². The van der Waals surface area contributed by atoms with Gasteiger partial charge in [-0.1, -0.05) is 35.9 Å². The third kappa shape index (κ3) is 2.63. The highest BCUT2D eigenvalue weighted by Crippen LogP contribution is 2.40. The molecule has 1 aliphatic rings. The van der Waals surface area contributed by atoms with Crippen LogP contribution in [0.2, 0.25) is 0 Å². The van der Waals surface area contributed by atoms with Crippen LogP contribution in [0.15, 0.2) is 30.3 Å². The number of rotatable bonds is 2. The molecule has 0 N–H and O–H groups in total. The minimum atomic E-state index is -0.295. The lowest BCUT2D eigenvalue weighted by Crippen LogP contribution is -2.41. The first-order valence-corrected chi connectivity index (χ1v) is 6.86. The second-order valence-electron chi connectivity index (χ2n) is 6.20. The fraction of sp³-hybridized carbons (Fsp3) is 0.500. The summed E-state index contributed by atoms with van der Waals surface area (Å²) in [5.41, 5.74) is 2.92. The number of hydrogen-bond acceptors (Lipinski definition) is 2. The Labute approximate surface area is 117 Å². The zero-order valence-corrected chi connectivity index (χ0v) is 12.8. The van der Waals surface area contributed by atoms with Crippen molar-refractivity contribution in [3.63, 3.8) is 0 Å². The molecule has 1 aliphatic heterocycles. The molecule has 0 aliphatic carbocycles. The average molecular weight is 258 g/mol. The van der Waals surface area contributed by atoms with Crippen molar-refractivity contribution in [1.29, 1.82) is 0 Å². The van der Waals surface area contributed by atoms with Gasteiger partial charge in [0.2, 0.25) is 0 Å². The quantitative estimate of drug-likeness (QED) is 0.745. The molecule has 19 heavy (non-hydrogen) atoms. The molecule has 2 rings (SSSR count). The average Bonchev–Trinajstić information content (AvgIpc) is 2.51. The van der Waals surface area contributed by atoms with E-state index in [0.29, 0.717) is 0 Å². The van der Waals surface area contributed by atoms with Crippen LogP contribution in [0.25, 0.3) is 5.47 Å². The summed E-state index contributed by atoms with van der Waals surface area (Å²) in [6, 6.07) is 8.47. The Bertz CT molecular complexity index is 470. The van der Waals surface area contributed by atoms with Gasteiger partial charge in [-0.25, -0.2) is 0 Å². The summed E-state index contributed by atoms with van der Waals surface area (Å²) in [6.45, 7) is 12.4. The van der Waals surface area contributed by atoms with Gasteiger partial charge in [0.15, 0.2) is 0 Å². The first kappa shape index (κ1) is 14.4. The van der Waals surface area contributed by atoms with Crippen molar-refractivity contribution >= 4 is 12.6 Å². The summed E-state index contributed by atoms with van der Waals surface area (Å²) < 4.78 is 12.2. The van der Waals surface area contributed by atoms with Crippen LogP contribution in [-0.4, -0.2) is 18.3 Å². The molecule has 0 unspecified atom stereocenters. The smallest absolute Gasteiger partial charge is 0.399 e. The minimum Gasteiger partial charge on any atom is -0.399 e. The van der Waals surface area contributed by atoms with Gasteiger partial charge in [0.05, 0.1) is 11.2 Å². The van der Waals surface area contributed by atoms with Crippen molar-refractivity contribution in [2.24, 2.45) is 0 Å². The van der Waals surface area contributed by atoms with Crippen LogP contribution in [0.4, 0.5) is 0 Å². The van der Waals surface area contributed by atoms with Gasteiger partial charge in [0.25, 0.3) is 0 Å². The van der Waals surface area contributed by atoms with E-state index in [-0.39, 0.29) is 18.3 Å². The maximum atomic E-state index is 6.11. The molecule has 1 aromatic rings. The molecular weight excluding hydrogens is 235 g/mol. The van der Waals surface area contributed by atoms with Crippen molar-refractivity contribution in [2.75, 3.05) is 0 Å². The zero-order chi connectivity index (χ0) is 14.3. The van der Waals surface area contributed by atoms with Gasteiger partial charge in [0.1, 0.15) is 0 Å². The van der Waals surface area contributed by atoms with Gasteiger partial charge in [-0.15, -0.1) is 0 Å². The molecule has 3 heteroatoms. The zero-order valence-electron chi connectivity index (χ0n) is 12.8. The topological polar surface area (TPSA) is 18.5 Å². The Balaban J connectivity index is 2.29. The molecule has 0 atom stereocenters. The Morgan fingerprint density at radius 2 is 1.47 bits per heavy atom. The van der Waals surface area contributed by atoms with E-state index in [2.05, 4.69) is 65.0 Å². The predicted octanol–water partition coefficient (Wildman–Crippen LogP) is 4.03. The summed E-state index contributed by atoms with van der Waals surface area (Å²) >= 11 is 0. The third-order valence-corrected chi connectivity index (χ3v) is 4.20. The molecule has 0 bridgehead atoms. The summed E-state index contributed by atoms with van der Waals surface area (Å²) in [6.07, 6.45) is 2.08. The first-order valence-electron chi connectivity index (χ1n) is 6.86. The van der Waals surface area contributed by atoms with Crippen LogP contribution in [0.5, 0.6) is 0 Å². The molecule has 0 spiro atoms. The Kier molecular flexibility index (Phi) is 3.63. The monoisotopic (exact) mass is 258 g/mol. The van der Waals surface area contributed by atoms with Crippen LogP contribution in [0.1, 0.15) is 45.7 Å². The van der Waals surface area contributed by atoms with E-state index < -0.39 is 0 Å². The Hall–Kier alpha value is -1.06. The molecule has 2 nitrogen and oxygen atoms in total. The highest BCUT2D eigenvalue weighted by molar-refractivity contribution is 6.68. The van der Waals surface area contributed by atoms with Crippen molar-refractivity contribution in [1.82, 2.24) is 0 Å². The van der Waals surface area contributed by atoms with E-state index in [9.17, 15) is 0 Å². The largest absolute Gasteiger partial charge is 0.495 e. The Morgan fingerprint density at radius 1 is 1.00 bits per heavy atom. The van der Waals surface area contributed by atoms with E-state index in [0.717, 1.165) is 11.0 Å². The lowest BCUT2D eigenvalue weighted by Gasteiger charge is -2.32. The third-order valence-electron chi connectivity index (χ3n) is 4.20. The maximum Gasteiger partial charge on any atom is 0.495 e. The van der Waals surface area contributed by atoms with E-state index in [4.69, 9.17) is 9.31 Å². The molecule has 1 fully saturated rings.